The van der Waals surface area contributed by atoms with Gasteiger partial charge in [-0.05, 0) is 26.7 Å². The molecule has 0 saturated heterocycles. The van der Waals surface area contributed by atoms with Crippen LogP contribution in [-0.4, -0.2) is 41.6 Å². The van der Waals surface area contributed by atoms with E-state index < -0.39 is 5.41 Å². The van der Waals surface area contributed by atoms with Crippen LogP contribution in [0.1, 0.15) is 32.4 Å². The van der Waals surface area contributed by atoms with E-state index in [9.17, 15) is 4.79 Å². The summed E-state index contributed by atoms with van der Waals surface area (Å²) in [4.78, 5) is 24.5. The summed E-state index contributed by atoms with van der Waals surface area (Å²) < 4.78 is 10.7. The molecule has 0 aromatic carbocycles. The number of allylic oxidation sites excluding steroid dienone is 3. The minimum atomic E-state index is -0.520. The first-order valence-electron chi connectivity index (χ1n) is 8.12. The number of ether oxygens (including phenoxy) is 2. The largest absolute Gasteiger partial charge is 0.475 e. The van der Waals surface area contributed by atoms with Gasteiger partial charge in [0.1, 0.15) is 12.0 Å². The van der Waals surface area contributed by atoms with E-state index in [4.69, 9.17) is 14.9 Å². The molecule has 2 rings (SSSR count). The first-order valence-corrected chi connectivity index (χ1v) is 8.12. The lowest BCUT2D eigenvalue weighted by Crippen LogP contribution is -2.26. The van der Waals surface area contributed by atoms with Crippen LogP contribution in [-0.2, 0) is 9.53 Å². The molecule has 132 valence electrons. The second-order valence-electron chi connectivity index (χ2n) is 5.58. The minimum Gasteiger partial charge on any atom is -0.475 e. The number of rotatable bonds is 9. The van der Waals surface area contributed by atoms with Crippen molar-refractivity contribution in [2.75, 3.05) is 13.2 Å². The summed E-state index contributed by atoms with van der Waals surface area (Å²) in [6, 6.07) is 0. The Kier molecular flexibility index (Phi) is 6.56. The van der Waals surface area contributed by atoms with Crippen LogP contribution in [0.4, 0.5) is 0 Å². The SMILES string of the molecule is C\C=C/C(=C\N=C\C=N)c1cnc(OCC2(C(=O)OCC)CC2)cn1. The Morgan fingerprint density at radius 3 is 2.76 bits per heavy atom. The Morgan fingerprint density at radius 1 is 1.40 bits per heavy atom. The van der Waals surface area contributed by atoms with Crippen molar-refractivity contribution in [3.05, 3.63) is 36.4 Å². The number of hydrogen-bond donors (Lipinski definition) is 1. The average molecular weight is 342 g/mol. The Balaban J connectivity index is 2.01. The standard InChI is InChI=1S/C18H22N4O3/c1-3-5-14(10-20-9-8-19)15-11-22-16(12-21-15)25-13-18(6-7-18)17(23)24-4-2/h3,5,8-12,19H,4,6-7,13H2,1-2H3/b5-3-,14-10+,19-8?,20-9+. The lowest BCUT2D eigenvalue weighted by molar-refractivity contribution is -0.150. The number of esters is 1. The molecular weight excluding hydrogens is 320 g/mol. The Morgan fingerprint density at radius 2 is 2.20 bits per heavy atom. The van der Waals surface area contributed by atoms with Crippen molar-refractivity contribution in [1.82, 2.24) is 9.97 Å². The average Bonchev–Trinajstić information content (AvgIpc) is 3.41. The van der Waals surface area contributed by atoms with Gasteiger partial charge in [-0.3, -0.25) is 9.79 Å². The first kappa shape index (κ1) is 18.5. The van der Waals surface area contributed by atoms with Gasteiger partial charge in [0, 0.05) is 24.2 Å². The van der Waals surface area contributed by atoms with E-state index in [-0.39, 0.29) is 12.6 Å². The molecule has 25 heavy (non-hydrogen) atoms. The van der Waals surface area contributed by atoms with Crippen LogP contribution in [0.5, 0.6) is 5.88 Å². The third kappa shape index (κ3) is 5.07. The van der Waals surface area contributed by atoms with Gasteiger partial charge in [0.25, 0.3) is 0 Å². The second kappa shape index (κ2) is 8.86. The number of aliphatic imine (C=N–C) groups is 1. The van der Waals surface area contributed by atoms with Crippen molar-refractivity contribution in [2.45, 2.75) is 26.7 Å². The molecule has 0 amide bonds. The molecule has 1 aliphatic carbocycles. The molecule has 0 spiro atoms. The van der Waals surface area contributed by atoms with Crippen LogP contribution in [0.25, 0.3) is 5.57 Å². The fourth-order valence-electron chi connectivity index (χ4n) is 2.13. The van der Waals surface area contributed by atoms with Crippen molar-refractivity contribution in [3.63, 3.8) is 0 Å². The molecule has 7 heteroatoms. The smallest absolute Gasteiger partial charge is 0.315 e. The molecule has 0 unspecified atom stereocenters. The van der Waals surface area contributed by atoms with Gasteiger partial charge < -0.3 is 14.9 Å². The summed E-state index contributed by atoms with van der Waals surface area (Å²) in [5.41, 5.74) is 0.886. The molecule has 0 atom stereocenters. The zero-order chi connectivity index (χ0) is 18.1. The van der Waals surface area contributed by atoms with Gasteiger partial charge in [-0.25, -0.2) is 9.97 Å². The van der Waals surface area contributed by atoms with E-state index in [2.05, 4.69) is 15.0 Å². The third-order valence-corrected chi connectivity index (χ3v) is 3.70. The van der Waals surface area contributed by atoms with Gasteiger partial charge in [0.15, 0.2) is 0 Å². The van der Waals surface area contributed by atoms with Crippen molar-refractivity contribution in [2.24, 2.45) is 10.4 Å². The Bertz CT molecular complexity index is 689. The maximum absolute atomic E-state index is 11.9. The molecule has 1 aromatic heterocycles. The quantitative estimate of drug-likeness (QED) is 0.423. The molecule has 1 aromatic rings. The van der Waals surface area contributed by atoms with Gasteiger partial charge in [0.05, 0.1) is 24.7 Å². The highest BCUT2D eigenvalue weighted by atomic mass is 16.5. The molecule has 1 N–H and O–H groups in total. The van der Waals surface area contributed by atoms with Crippen molar-refractivity contribution in [1.29, 1.82) is 5.41 Å². The number of aromatic nitrogens is 2. The van der Waals surface area contributed by atoms with Crippen LogP contribution in [0.2, 0.25) is 0 Å². The van der Waals surface area contributed by atoms with Crippen LogP contribution in [0, 0.1) is 10.8 Å². The van der Waals surface area contributed by atoms with Gasteiger partial charge >= 0.3 is 5.97 Å². The van der Waals surface area contributed by atoms with Crippen LogP contribution in [0.15, 0.2) is 35.7 Å². The van der Waals surface area contributed by atoms with Crippen molar-refractivity contribution >= 4 is 24.0 Å². The van der Waals surface area contributed by atoms with Crippen LogP contribution >= 0.6 is 0 Å². The van der Waals surface area contributed by atoms with Gasteiger partial charge in [-0.1, -0.05) is 12.2 Å². The number of carbonyl (C=O) groups is 1. The van der Waals surface area contributed by atoms with E-state index in [0.717, 1.165) is 24.6 Å². The summed E-state index contributed by atoms with van der Waals surface area (Å²) in [5.74, 6) is 0.157. The molecule has 7 nitrogen and oxygen atoms in total. The summed E-state index contributed by atoms with van der Waals surface area (Å²) in [7, 11) is 0. The summed E-state index contributed by atoms with van der Waals surface area (Å²) in [6.07, 6.45) is 12.5. The van der Waals surface area contributed by atoms with Gasteiger partial charge in [-0.15, -0.1) is 0 Å². The van der Waals surface area contributed by atoms with E-state index in [1.54, 1.807) is 19.3 Å². The molecule has 0 aliphatic heterocycles. The Hall–Kier alpha value is -2.83. The molecule has 1 heterocycles. The summed E-state index contributed by atoms with van der Waals surface area (Å²) >= 11 is 0. The zero-order valence-corrected chi connectivity index (χ0v) is 14.4. The number of nitrogens with one attached hydrogen (secondary N) is 1. The number of nitrogens with zero attached hydrogens (tertiary/aromatic N) is 3. The number of hydrogen-bond acceptors (Lipinski definition) is 7. The highest BCUT2D eigenvalue weighted by molar-refractivity contribution is 6.14. The van der Waals surface area contributed by atoms with E-state index in [1.807, 2.05) is 19.1 Å². The van der Waals surface area contributed by atoms with Gasteiger partial charge in [0.2, 0.25) is 5.88 Å². The third-order valence-electron chi connectivity index (χ3n) is 3.70. The molecule has 0 radical (unpaired) electrons. The summed E-state index contributed by atoms with van der Waals surface area (Å²) in [5, 5.41) is 6.94. The van der Waals surface area contributed by atoms with E-state index in [1.165, 1.54) is 12.4 Å². The predicted octanol–water partition coefficient (Wildman–Crippen LogP) is 2.84. The molecule has 1 saturated carbocycles. The van der Waals surface area contributed by atoms with Crippen molar-refractivity contribution < 1.29 is 14.3 Å². The fourth-order valence-corrected chi connectivity index (χ4v) is 2.13. The zero-order valence-electron chi connectivity index (χ0n) is 14.4. The van der Waals surface area contributed by atoms with Gasteiger partial charge in [-0.2, -0.15) is 0 Å². The molecule has 0 bridgehead atoms. The lowest BCUT2D eigenvalue weighted by Gasteiger charge is -2.14. The summed E-state index contributed by atoms with van der Waals surface area (Å²) in [6.45, 7) is 4.31. The van der Waals surface area contributed by atoms with E-state index >= 15 is 0 Å². The Labute approximate surface area is 147 Å². The molecular formula is C18H22N4O3. The van der Waals surface area contributed by atoms with Crippen LogP contribution in [0.3, 0.4) is 0 Å². The number of carbonyl (C=O) groups excluding carboxylic acids is 1. The maximum Gasteiger partial charge on any atom is 0.315 e. The monoisotopic (exact) mass is 342 g/mol. The molecule has 1 aliphatic rings. The van der Waals surface area contributed by atoms with Crippen molar-refractivity contribution in [3.8, 4) is 5.88 Å². The highest BCUT2D eigenvalue weighted by Crippen LogP contribution is 2.46. The first-order chi connectivity index (χ1) is 12.1. The maximum atomic E-state index is 11.9. The predicted molar refractivity (Wildman–Crippen MR) is 95.9 cm³/mol. The lowest BCUT2D eigenvalue weighted by atomic mass is 10.1. The normalized spacial score (nSPS) is 16.2. The highest BCUT2D eigenvalue weighted by Gasteiger charge is 2.52. The van der Waals surface area contributed by atoms with E-state index in [0.29, 0.717) is 18.2 Å². The van der Waals surface area contributed by atoms with Crippen LogP contribution < -0.4 is 4.74 Å². The fraction of sp³-hybridized carbons (Fsp3) is 0.389. The minimum absolute atomic E-state index is 0.207. The second-order valence-corrected chi connectivity index (χ2v) is 5.58. The molecule has 1 fully saturated rings. The topological polar surface area (TPSA) is 97.5 Å².